The van der Waals surface area contributed by atoms with Gasteiger partial charge in [0.15, 0.2) is 0 Å². The molecule has 0 bridgehead atoms. The normalized spacial score (nSPS) is 13.1. The van der Waals surface area contributed by atoms with Crippen molar-refractivity contribution in [1.82, 2.24) is 9.55 Å². The lowest BCUT2D eigenvalue weighted by Crippen LogP contribution is -2.30. The second-order valence-electron chi connectivity index (χ2n) is 4.20. The number of aromatic nitrogens is 2. The molecule has 1 atom stereocenters. The fraction of sp³-hybridized carbons (Fsp3) is 0.500. The highest BCUT2D eigenvalue weighted by atomic mass is 32.1. The molecular formula is C12H16N2O3S. The molecule has 0 aliphatic carbocycles. The third-order valence-electron chi connectivity index (χ3n) is 2.85. The topological polar surface area (TPSA) is 75.4 Å². The molecule has 2 aromatic rings. The molecule has 6 heteroatoms. The Bertz CT molecular complexity index is 618. The van der Waals surface area contributed by atoms with Crippen LogP contribution >= 0.6 is 11.3 Å². The number of aliphatic hydroxyl groups is 2. The SMILES string of the molecule is CCc1cc2c(=O)n(CC(O)CO)c(C)nc2s1. The molecule has 0 aliphatic heterocycles. The number of aryl methyl sites for hydroxylation is 2. The summed E-state index contributed by atoms with van der Waals surface area (Å²) in [4.78, 5) is 18.5. The van der Waals surface area contributed by atoms with E-state index in [1.165, 1.54) is 15.9 Å². The summed E-state index contributed by atoms with van der Waals surface area (Å²) in [5.74, 6) is 0.560. The molecule has 2 heterocycles. The second-order valence-corrected chi connectivity index (χ2v) is 5.31. The molecule has 0 amide bonds. The number of hydrogen-bond acceptors (Lipinski definition) is 5. The molecule has 0 saturated carbocycles. The summed E-state index contributed by atoms with van der Waals surface area (Å²) in [5, 5.41) is 18.9. The minimum absolute atomic E-state index is 0.0708. The summed E-state index contributed by atoms with van der Waals surface area (Å²) >= 11 is 1.52. The maximum atomic E-state index is 12.3. The Morgan fingerprint density at radius 3 is 2.89 bits per heavy atom. The zero-order chi connectivity index (χ0) is 13.3. The first-order valence-corrected chi connectivity index (χ1v) is 6.67. The fourth-order valence-corrected chi connectivity index (χ4v) is 2.83. The summed E-state index contributed by atoms with van der Waals surface area (Å²) in [6.07, 6.45) is -0.0661. The van der Waals surface area contributed by atoms with Crippen LogP contribution in [-0.2, 0) is 13.0 Å². The predicted molar refractivity (Wildman–Crippen MR) is 71.1 cm³/mol. The quantitative estimate of drug-likeness (QED) is 0.855. The van der Waals surface area contributed by atoms with Gasteiger partial charge in [-0.15, -0.1) is 11.3 Å². The van der Waals surface area contributed by atoms with Crippen molar-refractivity contribution in [2.45, 2.75) is 32.9 Å². The van der Waals surface area contributed by atoms with Crippen molar-refractivity contribution >= 4 is 21.6 Å². The van der Waals surface area contributed by atoms with Crippen LogP contribution in [0.4, 0.5) is 0 Å². The van der Waals surface area contributed by atoms with Gasteiger partial charge in [-0.1, -0.05) is 6.92 Å². The van der Waals surface area contributed by atoms with Crippen molar-refractivity contribution in [3.63, 3.8) is 0 Å². The predicted octanol–water partition coefficient (Wildman–Crippen LogP) is 0.682. The highest BCUT2D eigenvalue weighted by Crippen LogP contribution is 2.21. The van der Waals surface area contributed by atoms with E-state index in [1.54, 1.807) is 6.92 Å². The van der Waals surface area contributed by atoms with Gasteiger partial charge in [-0.2, -0.15) is 0 Å². The Kier molecular flexibility index (Phi) is 3.79. The van der Waals surface area contributed by atoms with Crippen LogP contribution in [0.1, 0.15) is 17.6 Å². The van der Waals surface area contributed by atoms with E-state index in [1.807, 2.05) is 13.0 Å². The van der Waals surface area contributed by atoms with Gasteiger partial charge in [0.05, 0.1) is 24.6 Å². The molecule has 2 rings (SSSR count). The van der Waals surface area contributed by atoms with Crippen LogP contribution in [-0.4, -0.2) is 32.5 Å². The van der Waals surface area contributed by atoms with E-state index in [-0.39, 0.29) is 18.7 Å². The Morgan fingerprint density at radius 1 is 1.56 bits per heavy atom. The van der Waals surface area contributed by atoms with E-state index in [2.05, 4.69) is 4.98 Å². The van der Waals surface area contributed by atoms with E-state index in [9.17, 15) is 9.90 Å². The van der Waals surface area contributed by atoms with Crippen LogP contribution in [0.5, 0.6) is 0 Å². The number of fused-ring (bicyclic) bond motifs is 1. The number of aliphatic hydroxyl groups excluding tert-OH is 2. The van der Waals surface area contributed by atoms with Crippen LogP contribution < -0.4 is 5.56 Å². The first-order valence-electron chi connectivity index (χ1n) is 5.85. The second kappa shape index (κ2) is 5.17. The van der Waals surface area contributed by atoms with Crippen molar-refractivity contribution in [1.29, 1.82) is 0 Å². The average Bonchev–Trinajstić information content (AvgIpc) is 2.77. The lowest BCUT2D eigenvalue weighted by atomic mass is 10.3. The Labute approximate surface area is 108 Å². The molecule has 0 aromatic carbocycles. The lowest BCUT2D eigenvalue weighted by Gasteiger charge is -2.12. The monoisotopic (exact) mass is 268 g/mol. The molecule has 5 nitrogen and oxygen atoms in total. The largest absolute Gasteiger partial charge is 0.394 e. The number of hydrogen-bond donors (Lipinski definition) is 2. The van der Waals surface area contributed by atoms with Gasteiger partial charge in [0.25, 0.3) is 5.56 Å². The minimum atomic E-state index is -0.940. The van der Waals surface area contributed by atoms with E-state index in [0.29, 0.717) is 11.2 Å². The highest BCUT2D eigenvalue weighted by molar-refractivity contribution is 7.18. The lowest BCUT2D eigenvalue weighted by molar-refractivity contribution is 0.0797. The zero-order valence-corrected chi connectivity index (χ0v) is 11.2. The molecule has 2 aromatic heterocycles. The molecule has 2 N–H and O–H groups in total. The molecular weight excluding hydrogens is 252 g/mol. The van der Waals surface area contributed by atoms with Crippen LogP contribution in [0, 0.1) is 6.92 Å². The number of thiophene rings is 1. The van der Waals surface area contributed by atoms with Crippen molar-refractivity contribution in [3.05, 3.63) is 27.1 Å². The molecule has 98 valence electrons. The van der Waals surface area contributed by atoms with Gasteiger partial charge in [0.2, 0.25) is 0 Å². The molecule has 0 aliphatic rings. The van der Waals surface area contributed by atoms with E-state index >= 15 is 0 Å². The number of rotatable bonds is 4. The highest BCUT2D eigenvalue weighted by Gasteiger charge is 2.13. The summed E-state index contributed by atoms with van der Waals surface area (Å²) in [7, 11) is 0. The van der Waals surface area contributed by atoms with Gasteiger partial charge in [0, 0.05) is 4.88 Å². The van der Waals surface area contributed by atoms with E-state index in [0.717, 1.165) is 16.1 Å². The first kappa shape index (κ1) is 13.2. The third-order valence-corrected chi connectivity index (χ3v) is 4.02. The van der Waals surface area contributed by atoms with Crippen LogP contribution in [0.15, 0.2) is 10.9 Å². The maximum absolute atomic E-state index is 12.3. The third kappa shape index (κ3) is 2.31. The molecule has 0 radical (unpaired) electrons. The summed E-state index contributed by atoms with van der Waals surface area (Å²) in [6.45, 7) is 3.47. The van der Waals surface area contributed by atoms with Gasteiger partial charge in [-0.25, -0.2) is 4.98 Å². The Morgan fingerprint density at radius 2 is 2.28 bits per heavy atom. The van der Waals surface area contributed by atoms with Crippen molar-refractivity contribution in [2.75, 3.05) is 6.61 Å². The van der Waals surface area contributed by atoms with Gasteiger partial charge >= 0.3 is 0 Å². The van der Waals surface area contributed by atoms with Gasteiger partial charge in [-0.3, -0.25) is 9.36 Å². The van der Waals surface area contributed by atoms with Crippen molar-refractivity contribution in [3.8, 4) is 0 Å². The van der Waals surface area contributed by atoms with Gasteiger partial charge in [0.1, 0.15) is 10.7 Å². The van der Waals surface area contributed by atoms with Crippen LogP contribution in [0.25, 0.3) is 10.2 Å². The van der Waals surface area contributed by atoms with Crippen molar-refractivity contribution < 1.29 is 10.2 Å². The minimum Gasteiger partial charge on any atom is -0.394 e. The molecule has 1 unspecified atom stereocenters. The maximum Gasteiger partial charge on any atom is 0.262 e. The molecule has 18 heavy (non-hydrogen) atoms. The summed E-state index contributed by atoms with van der Waals surface area (Å²) in [6, 6.07) is 1.86. The standard InChI is InChI=1S/C12H16N2O3S/c1-3-9-4-10-11(18-9)13-7(2)14(12(10)17)5-8(16)6-15/h4,8,15-16H,3,5-6H2,1-2H3. The summed E-state index contributed by atoms with van der Waals surface area (Å²) in [5.41, 5.74) is -0.152. The zero-order valence-electron chi connectivity index (χ0n) is 10.4. The van der Waals surface area contributed by atoms with Crippen LogP contribution in [0.3, 0.4) is 0 Å². The Hall–Kier alpha value is -1.24. The average molecular weight is 268 g/mol. The van der Waals surface area contributed by atoms with Gasteiger partial charge in [-0.05, 0) is 19.4 Å². The summed E-state index contributed by atoms with van der Waals surface area (Å²) < 4.78 is 1.41. The van der Waals surface area contributed by atoms with Crippen LogP contribution in [0.2, 0.25) is 0 Å². The molecule has 0 spiro atoms. The van der Waals surface area contributed by atoms with E-state index < -0.39 is 6.10 Å². The smallest absolute Gasteiger partial charge is 0.262 e. The first-order chi connectivity index (χ1) is 8.56. The molecule has 0 fully saturated rings. The van der Waals surface area contributed by atoms with Crippen molar-refractivity contribution in [2.24, 2.45) is 0 Å². The fourth-order valence-electron chi connectivity index (χ4n) is 1.83. The van der Waals surface area contributed by atoms with E-state index in [4.69, 9.17) is 5.11 Å². The van der Waals surface area contributed by atoms with Gasteiger partial charge < -0.3 is 10.2 Å². The molecule has 0 saturated heterocycles. The number of nitrogens with zero attached hydrogens (tertiary/aromatic N) is 2. The Balaban J connectivity index is 2.57.